The Hall–Kier alpha value is -4.28. The van der Waals surface area contributed by atoms with Gasteiger partial charge in [0.2, 0.25) is 5.91 Å². The molecule has 3 heterocycles. The Morgan fingerprint density at radius 2 is 1.86 bits per heavy atom. The van der Waals surface area contributed by atoms with Crippen LogP contribution in [0.1, 0.15) is 42.5 Å². The minimum Gasteiger partial charge on any atom is -0.457 e. The molecule has 2 saturated heterocycles. The van der Waals surface area contributed by atoms with Gasteiger partial charge in [-0.05, 0) is 76.1 Å². The molecule has 43 heavy (non-hydrogen) atoms. The summed E-state index contributed by atoms with van der Waals surface area (Å²) in [5.41, 5.74) is 12.5. The third-order valence-corrected chi connectivity index (χ3v) is 7.97. The minimum absolute atomic E-state index is 0.00198. The zero-order valence-corrected chi connectivity index (χ0v) is 25.0. The van der Waals surface area contributed by atoms with Crippen LogP contribution in [0.3, 0.4) is 0 Å². The number of hydrazone groups is 1. The van der Waals surface area contributed by atoms with Gasteiger partial charge in [0.15, 0.2) is 0 Å². The maximum atomic E-state index is 13.0. The Kier molecular flexibility index (Phi) is 10.4. The van der Waals surface area contributed by atoms with E-state index >= 15 is 0 Å². The highest BCUT2D eigenvalue weighted by molar-refractivity contribution is 6.15. The van der Waals surface area contributed by atoms with Gasteiger partial charge < -0.3 is 25.5 Å². The zero-order chi connectivity index (χ0) is 30.0. The first-order chi connectivity index (χ1) is 21.0. The van der Waals surface area contributed by atoms with Gasteiger partial charge in [0.25, 0.3) is 0 Å². The maximum Gasteiger partial charge on any atom is 0.246 e. The normalized spacial score (nSPS) is 18.3. The Bertz CT molecular complexity index is 1390. The number of piperidine rings is 1. The van der Waals surface area contributed by atoms with Crippen LogP contribution in [-0.2, 0) is 9.53 Å². The number of anilines is 1. The van der Waals surface area contributed by atoms with Gasteiger partial charge in [-0.1, -0.05) is 24.3 Å². The van der Waals surface area contributed by atoms with Gasteiger partial charge in [0, 0.05) is 50.5 Å². The summed E-state index contributed by atoms with van der Waals surface area (Å²) in [7, 11) is 2.11. The average Bonchev–Trinajstić information content (AvgIpc) is 3.04. The predicted molar refractivity (Wildman–Crippen MR) is 168 cm³/mol. The number of amides is 1. The highest BCUT2D eigenvalue weighted by atomic mass is 16.5. The predicted octanol–water partition coefficient (Wildman–Crippen LogP) is 4.16. The number of benzene rings is 2. The number of nitrogens with two attached hydrogens (primary N) is 1. The quantitative estimate of drug-likeness (QED) is 0.208. The van der Waals surface area contributed by atoms with Crippen LogP contribution in [0.5, 0.6) is 11.5 Å². The standard InChI is InChI=1S/C33H41N7O3/c1-24-31(33(34)36-23-35-24)32(25-12-14-29(15-13-25)43-28-9-4-3-5-10-28)38-37-26-8-6-19-40(22-26)30(41)11-7-18-39(2)27-16-20-42-21-17-27/h3-5,7,9-15,23,26-27,37H,6,8,16-22H2,1-2H3,(H2,34,35,36)/b11-7+,38-32-/t26-/m1/s1. The number of hydrogen-bond donors (Lipinski definition) is 2. The van der Waals surface area contributed by atoms with Gasteiger partial charge >= 0.3 is 0 Å². The fourth-order valence-electron chi connectivity index (χ4n) is 5.49. The largest absolute Gasteiger partial charge is 0.457 e. The smallest absolute Gasteiger partial charge is 0.246 e. The molecule has 3 N–H and O–H groups in total. The summed E-state index contributed by atoms with van der Waals surface area (Å²) in [5.74, 6) is 1.86. The molecule has 2 aliphatic heterocycles. The Morgan fingerprint density at radius 3 is 2.60 bits per heavy atom. The number of nitrogens with one attached hydrogen (secondary N) is 1. The fourth-order valence-corrected chi connectivity index (χ4v) is 5.49. The van der Waals surface area contributed by atoms with E-state index in [4.69, 9.17) is 20.3 Å². The van der Waals surface area contributed by atoms with Gasteiger partial charge in [-0.25, -0.2) is 9.97 Å². The maximum absolute atomic E-state index is 13.0. The van der Waals surface area contributed by atoms with E-state index in [1.807, 2.05) is 72.5 Å². The van der Waals surface area contributed by atoms with E-state index in [2.05, 4.69) is 27.3 Å². The number of likely N-dealkylation sites (tertiary alicyclic amines) is 1. The number of likely N-dealkylation sites (N-methyl/N-ethyl adjacent to an activating group) is 1. The summed E-state index contributed by atoms with van der Waals surface area (Å²) in [4.78, 5) is 25.8. The fraction of sp³-hybridized carbons (Fsp3) is 0.394. The number of carbonyl (C=O) groups is 1. The number of hydrogen-bond acceptors (Lipinski definition) is 9. The van der Waals surface area contributed by atoms with Crippen molar-refractivity contribution in [1.29, 1.82) is 0 Å². The monoisotopic (exact) mass is 583 g/mol. The van der Waals surface area contributed by atoms with E-state index in [1.54, 1.807) is 6.08 Å². The van der Waals surface area contributed by atoms with Crippen molar-refractivity contribution < 1.29 is 14.3 Å². The molecule has 3 aromatic rings. The molecule has 2 fully saturated rings. The van der Waals surface area contributed by atoms with Crippen molar-refractivity contribution in [3.63, 3.8) is 0 Å². The molecule has 0 spiro atoms. The molecule has 10 nitrogen and oxygen atoms in total. The Balaban J connectivity index is 1.26. The van der Waals surface area contributed by atoms with E-state index in [1.165, 1.54) is 6.33 Å². The summed E-state index contributed by atoms with van der Waals surface area (Å²) < 4.78 is 11.4. The van der Waals surface area contributed by atoms with Gasteiger partial charge in [-0.15, -0.1) is 0 Å². The minimum atomic E-state index is -0.00198. The third kappa shape index (κ3) is 8.18. The molecule has 1 amide bonds. The van der Waals surface area contributed by atoms with Crippen LogP contribution in [0.15, 0.2) is 78.2 Å². The van der Waals surface area contributed by atoms with Gasteiger partial charge in [0.05, 0.1) is 17.3 Å². The van der Waals surface area contributed by atoms with Crippen LogP contribution >= 0.6 is 0 Å². The molecule has 0 aliphatic carbocycles. The lowest BCUT2D eigenvalue weighted by Gasteiger charge is -2.32. The molecule has 1 atom stereocenters. The molecule has 2 aliphatic rings. The first-order valence-corrected chi connectivity index (χ1v) is 15.0. The molecule has 2 aromatic carbocycles. The van der Waals surface area contributed by atoms with E-state index in [9.17, 15) is 4.79 Å². The lowest BCUT2D eigenvalue weighted by molar-refractivity contribution is -0.127. The summed E-state index contributed by atoms with van der Waals surface area (Å²) in [6.45, 7) is 5.55. The van der Waals surface area contributed by atoms with Crippen LogP contribution in [0.4, 0.5) is 5.82 Å². The highest BCUT2D eigenvalue weighted by Crippen LogP contribution is 2.24. The topological polar surface area (TPSA) is 118 Å². The molecule has 0 saturated carbocycles. The second kappa shape index (κ2) is 14.8. The van der Waals surface area contributed by atoms with E-state index < -0.39 is 0 Å². The highest BCUT2D eigenvalue weighted by Gasteiger charge is 2.24. The summed E-state index contributed by atoms with van der Waals surface area (Å²) in [6.07, 6.45) is 8.99. The number of aryl methyl sites for hydroxylation is 1. The van der Waals surface area contributed by atoms with Crippen LogP contribution in [0, 0.1) is 6.92 Å². The molecular weight excluding hydrogens is 542 g/mol. The van der Waals surface area contributed by atoms with Crippen LogP contribution in [0.25, 0.3) is 0 Å². The SMILES string of the molecule is Cc1ncnc(N)c1/C(=N\N[C@@H]1CCCN(C(=O)/C=C/CN(C)C2CCOCC2)C1)c1ccc(Oc2ccccc2)cc1. The molecule has 226 valence electrons. The van der Waals surface area contributed by atoms with Gasteiger partial charge in [0.1, 0.15) is 29.4 Å². The van der Waals surface area contributed by atoms with Crippen LogP contribution in [0.2, 0.25) is 0 Å². The lowest BCUT2D eigenvalue weighted by Crippen LogP contribution is -2.46. The van der Waals surface area contributed by atoms with Crippen LogP contribution < -0.4 is 15.9 Å². The van der Waals surface area contributed by atoms with E-state index in [0.717, 1.165) is 69.0 Å². The number of carbonyl (C=O) groups excluding carboxylic acids is 1. The van der Waals surface area contributed by atoms with Gasteiger partial charge in [-0.3, -0.25) is 9.69 Å². The van der Waals surface area contributed by atoms with Crippen molar-refractivity contribution >= 4 is 17.4 Å². The van der Waals surface area contributed by atoms with Crippen molar-refractivity contribution in [3.8, 4) is 11.5 Å². The Labute approximate surface area is 253 Å². The van der Waals surface area contributed by atoms with Crippen LogP contribution in [-0.4, -0.2) is 83.4 Å². The number of ether oxygens (including phenoxy) is 2. The third-order valence-electron chi connectivity index (χ3n) is 7.97. The van der Waals surface area contributed by atoms with Crippen molar-refractivity contribution in [2.24, 2.45) is 5.10 Å². The molecule has 10 heteroatoms. The van der Waals surface area contributed by atoms with Crippen molar-refractivity contribution in [2.75, 3.05) is 45.6 Å². The molecule has 0 radical (unpaired) electrons. The molecule has 0 bridgehead atoms. The number of aromatic nitrogens is 2. The van der Waals surface area contributed by atoms with E-state index in [0.29, 0.717) is 35.4 Å². The lowest BCUT2D eigenvalue weighted by atomic mass is 10.0. The number of para-hydroxylation sites is 1. The average molecular weight is 584 g/mol. The molecule has 0 unspecified atom stereocenters. The molecule has 1 aromatic heterocycles. The van der Waals surface area contributed by atoms with Crippen molar-refractivity contribution in [1.82, 2.24) is 25.2 Å². The van der Waals surface area contributed by atoms with Crippen molar-refractivity contribution in [3.05, 3.63) is 89.9 Å². The second-order valence-electron chi connectivity index (χ2n) is 11.1. The van der Waals surface area contributed by atoms with Crippen molar-refractivity contribution in [2.45, 2.75) is 44.7 Å². The Morgan fingerprint density at radius 1 is 1.12 bits per heavy atom. The van der Waals surface area contributed by atoms with Gasteiger partial charge in [-0.2, -0.15) is 5.10 Å². The second-order valence-corrected chi connectivity index (χ2v) is 11.1. The zero-order valence-electron chi connectivity index (χ0n) is 25.0. The number of nitrogen functional groups attached to an aromatic ring is 1. The molecular formula is C33H41N7O3. The number of rotatable bonds is 10. The van der Waals surface area contributed by atoms with E-state index in [-0.39, 0.29) is 11.9 Å². The summed E-state index contributed by atoms with van der Waals surface area (Å²) in [6, 6.07) is 17.8. The molecule has 5 rings (SSSR count). The number of nitrogens with zero attached hydrogens (tertiary/aromatic N) is 5. The summed E-state index contributed by atoms with van der Waals surface area (Å²) >= 11 is 0. The first-order valence-electron chi connectivity index (χ1n) is 15.0. The summed E-state index contributed by atoms with van der Waals surface area (Å²) in [5, 5.41) is 4.85. The first kappa shape index (κ1) is 30.2.